The topological polar surface area (TPSA) is 69.6 Å². The summed E-state index contributed by atoms with van der Waals surface area (Å²) >= 11 is 0. The third-order valence-electron chi connectivity index (χ3n) is 2.73. The molecule has 4 nitrogen and oxygen atoms in total. The fraction of sp³-hybridized carbons (Fsp3) is 0.917. The predicted molar refractivity (Wildman–Crippen MR) is 64.6 cm³/mol. The lowest BCUT2D eigenvalue weighted by molar-refractivity contribution is 0.114. The minimum absolute atomic E-state index is 0.0518. The summed E-state index contributed by atoms with van der Waals surface area (Å²) in [6.07, 6.45) is 5.83. The summed E-state index contributed by atoms with van der Waals surface area (Å²) < 4.78 is 0. The molecule has 0 radical (unpaired) electrons. The minimum Gasteiger partial charge on any atom is -0.465 e. The van der Waals surface area contributed by atoms with Gasteiger partial charge in [0.05, 0.1) is 6.10 Å². The van der Waals surface area contributed by atoms with E-state index in [9.17, 15) is 4.79 Å². The Labute approximate surface area is 98.1 Å². The van der Waals surface area contributed by atoms with Gasteiger partial charge >= 0.3 is 6.09 Å². The second-order valence-corrected chi connectivity index (χ2v) is 4.31. The smallest absolute Gasteiger partial charge is 0.404 e. The van der Waals surface area contributed by atoms with Gasteiger partial charge in [-0.15, -0.1) is 0 Å². The Bertz CT molecular complexity index is 175. The van der Waals surface area contributed by atoms with Crippen molar-refractivity contribution in [2.75, 3.05) is 0 Å². The first-order chi connectivity index (χ1) is 7.60. The molecule has 16 heavy (non-hydrogen) atoms. The summed E-state index contributed by atoms with van der Waals surface area (Å²) in [4.78, 5) is 10.2. The van der Waals surface area contributed by atoms with Crippen LogP contribution in [0.25, 0.3) is 0 Å². The van der Waals surface area contributed by atoms with Gasteiger partial charge in [-0.3, -0.25) is 0 Å². The van der Waals surface area contributed by atoms with Gasteiger partial charge in [0.1, 0.15) is 0 Å². The molecule has 0 heterocycles. The maximum Gasteiger partial charge on any atom is 0.404 e. The average Bonchev–Trinajstić information content (AvgIpc) is 2.23. The van der Waals surface area contributed by atoms with E-state index in [2.05, 4.69) is 19.2 Å². The van der Waals surface area contributed by atoms with Crippen LogP contribution in [-0.4, -0.2) is 28.5 Å². The Hall–Kier alpha value is -0.770. The van der Waals surface area contributed by atoms with Crippen LogP contribution < -0.4 is 5.32 Å². The van der Waals surface area contributed by atoms with E-state index in [-0.39, 0.29) is 12.1 Å². The quantitative estimate of drug-likeness (QED) is 0.699. The molecule has 0 aromatic heterocycles. The molecule has 3 N–H and O–H groups in total. The normalized spacial score (nSPS) is 24.2. The molecule has 0 aromatic carbocycles. The van der Waals surface area contributed by atoms with E-state index >= 15 is 0 Å². The average molecular weight is 231 g/mol. The number of hydrogen-bond donors (Lipinski definition) is 3. The third-order valence-corrected chi connectivity index (χ3v) is 2.73. The predicted octanol–water partition coefficient (Wildman–Crippen LogP) is 2.75. The van der Waals surface area contributed by atoms with E-state index in [1.807, 2.05) is 0 Å². The Morgan fingerprint density at radius 1 is 1.19 bits per heavy atom. The molecule has 1 saturated carbocycles. The summed E-state index contributed by atoms with van der Waals surface area (Å²) in [6.45, 7) is 4.42. The maximum atomic E-state index is 10.2. The van der Waals surface area contributed by atoms with Gasteiger partial charge in [-0.1, -0.05) is 33.1 Å². The molecule has 0 unspecified atom stereocenters. The Morgan fingerprint density at radius 2 is 1.69 bits per heavy atom. The number of aliphatic hydroxyl groups excluding tert-OH is 1. The lowest BCUT2D eigenvalue weighted by atomic mass is 9.93. The summed E-state index contributed by atoms with van der Waals surface area (Å²) in [6, 6.07) is 0.0518. The number of rotatable bonds is 3. The summed E-state index contributed by atoms with van der Waals surface area (Å²) in [5.41, 5.74) is 0. The van der Waals surface area contributed by atoms with Crippen LogP contribution in [0.2, 0.25) is 0 Å². The molecule has 0 saturated heterocycles. The van der Waals surface area contributed by atoms with Gasteiger partial charge in [0.2, 0.25) is 0 Å². The largest absolute Gasteiger partial charge is 0.465 e. The number of aliphatic hydroxyl groups is 1. The molecular formula is C12H25NO3. The molecule has 96 valence electrons. The van der Waals surface area contributed by atoms with Crippen LogP contribution in [0.3, 0.4) is 0 Å². The first-order valence-electron chi connectivity index (χ1n) is 6.27. The van der Waals surface area contributed by atoms with Crippen LogP contribution in [0.15, 0.2) is 0 Å². The van der Waals surface area contributed by atoms with Crippen molar-refractivity contribution in [2.24, 2.45) is 0 Å². The summed E-state index contributed by atoms with van der Waals surface area (Å²) in [5.74, 6) is 0. The molecule has 0 aliphatic heterocycles. The van der Waals surface area contributed by atoms with Gasteiger partial charge in [0.15, 0.2) is 0 Å². The van der Waals surface area contributed by atoms with Crippen molar-refractivity contribution in [1.29, 1.82) is 0 Å². The Kier molecular flexibility index (Phi) is 9.00. The van der Waals surface area contributed by atoms with Crippen molar-refractivity contribution < 1.29 is 15.0 Å². The lowest BCUT2D eigenvalue weighted by Gasteiger charge is -2.24. The Balaban J connectivity index is 0.000000385. The number of hydrogen-bond acceptors (Lipinski definition) is 2. The van der Waals surface area contributed by atoms with Crippen molar-refractivity contribution >= 4 is 6.09 Å². The molecule has 0 bridgehead atoms. The highest BCUT2D eigenvalue weighted by atomic mass is 16.4. The summed E-state index contributed by atoms with van der Waals surface area (Å²) in [5, 5.41) is 19.9. The van der Waals surface area contributed by atoms with Gasteiger partial charge in [-0.25, -0.2) is 4.79 Å². The van der Waals surface area contributed by atoms with Crippen molar-refractivity contribution in [3.63, 3.8) is 0 Å². The van der Waals surface area contributed by atoms with E-state index < -0.39 is 6.09 Å². The van der Waals surface area contributed by atoms with Gasteiger partial charge in [0.25, 0.3) is 0 Å². The van der Waals surface area contributed by atoms with Gasteiger partial charge in [-0.2, -0.15) is 0 Å². The van der Waals surface area contributed by atoms with E-state index in [4.69, 9.17) is 10.2 Å². The van der Waals surface area contributed by atoms with Crippen LogP contribution in [0.5, 0.6) is 0 Å². The molecule has 0 spiro atoms. The monoisotopic (exact) mass is 231 g/mol. The van der Waals surface area contributed by atoms with Crippen LogP contribution >= 0.6 is 0 Å². The molecule has 1 fully saturated rings. The molecular weight excluding hydrogens is 206 g/mol. The van der Waals surface area contributed by atoms with Gasteiger partial charge in [-0.05, 0) is 25.7 Å². The van der Waals surface area contributed by atoms with Crippen molar-refractivity contribution in [1.82, 2.24) is 5.32 Å². The second kappa shape index (κ2) is 9.46. The fourth-order valence-corrected chi connectivity index (χ4v) is 1.75. The Morgan fingerprint density at radius 3 is 2.00 bits per heavy atom. The fourth-order valence-electron chi connectivity index (χ4n) is 1.75. The van der Waals surface area contributed by atoms with E-state index in [0.717, 1.165) is 12.8 Å². The first-order valence-corrected chi connectivity index (χ1v) is 6.27. The lowest BCUT2D eigenvalue weighted by Crippen LogP contribution is -2.37. The van der Waals surface area contributed by atoms with Crippen LogP contribution in [-0.2, 0) is 0 Å². The minimum atomic E-state index is -0.966. The maximum absolute atomic E-state index is 10.2. The molecule has 1 aliphatic carbocycles. The molecule has 4 heteroatoms. The highest BCUT2D eigenvalue weighted by molar-refractivity contribution is 5.64. The third kappa shape index (κ3) is 8.53. The SMILES string of the molecule is CCCCC.O=C(O)NC1CCC(O)CC1. The number of amides is 1. The number of nitrogens with one attached hydrogen (secondary N) is 1. The zero-order valence-corrected chi connectivity index (χ0v) is 10.4. The number of carboxylic acid groups (broad SMARTS) is 1. The van der Waals surface area contributed by atoms with Crippen molar-refractivity contribution in [3.8, 4) is 0 Å². The zero-order chi connectivity index (χ0) is 12.4. The molecule has 1 amide bonds. The van der Waals surface area contributed by atoms with E-state index in [0.29, 0.717) is 12.8 Å². The van der Waals surface area contributed by atoms with Crippen LogP contribution in [0, 0.1) is 0 Å². The van der Waals surface area contributed by atoms with E-state index in [1.165, 1.54) is 19.3 Å². The van der Waals surface area contributed by atoms with Gasteiger partial charge < -0.3 is 15.5 Å². The summed E-state index contributed by atoms with van der Waals surface area (Å²) in [7, 11) is 0. The van der Waals surface area contributed by atoms with Crippen LogP contribution in [0.4, 0.5) is 4.79 Å². The number of unbranched alkanes of at least 4 members (excludes halogenated alkanes) is 2. The number of carbonyl (C=O) groups is 1. The highest BCUT2D eigenvalue weighted by Crippen LogP contribution is 2.17. The second-order valence-electron chi connectivity index (χ2n) is 4.31. The van der Waals surface area contributed by atoms with Crippen molar-refractivity contribution in [2.45, 2.75) is 70.9 Å². The molecule has 1 rings (SSSR count). The standard InChI is InChI=1S/C7H13NO3.C5H12/c9-6-3-1-5(2-4-6)8-7(10)11;1-3-5-4-2/h5-6,8-9H,1-4H2,(H,10,11);3-5H2,1-2H3. The van der Waals surface area contributed by atoms with E-state index in [1.54, 1.807) is 0 Å². The van der Waals surface area contributed by atoms with Crippen LogP contribution in [0.1, 0.15) is 58.8 Å². The van der Waals surface area contributed by atoms with Gasteiger partial charge in [0, 0.05) is 6.04 Å². The molecule has 0 atom stereocenters. The van der Waals surface area contributed by atoms with Crippen molar-refractivity contribution in [3.05, 3.63) is 0 Å². The highest BCUT2D eigenvalue weighted by Gasteiger charge is 2.19. The molecule has 1 aliphatic rings. The first kappa shape index (κ1) is 15.2. The zero-order valence-electron chi connectivity index (χ0n) is 10.4. The molecule has 0 aromatic rings.